The van der Waals surface area contributed by atoms with Gasteiger partial charge in [-0.3, -0.25) is 4.79 Å². The summed E-state index contributed by atoms with van der Waals surface area (Å²) in [6, 6.07) is 7.23. The van der Waals surface area contributed by atoms with Crippen molar-refractivity contribution in [2.24, 2.45) is 5.41 Å². The molecule has 0 spiro atoms. The van der Waals surface area contributed by atoms with Crippen LogP contribution in [0.25, 0.3) is 0 Å². The quantitative estimate of drug-likeness (QED) is 0.337. The molecule has 2 aliphatic rings. The highest BCUT2D eigenvalue weighted by Gasteiger charge is 2.73. The monoisotopic (exact) mass is 610 g/mol. The fourth-order valence-electron chi connectivity index (χ4n) is 5.29. The summed E-state index contributed by atoms with van der Waals surface area (Å²) in [6.07, 6.45) is -13.1. The van der Waals surface area contributed by atoms with Gasteiger partial charge in [-0.25, -0.2) is 17.2 Å². The highest BCUT2D eigenvalue weighted by atomic mass is 32.2. The maximum absolute atomic E-state index is 14.6. The zero-order chi connectivity index (χ0) is 30.5. The molecule has 0 bridgehead atoms. The van der Waals surface area contributed by atoms with Crippen molar-refractivity contribution >= 4 is 15.7 Å². The minimum Gasteiger partial charge on any atom is -0.381 e. The number of nitrogens with zero attached hydrogens (tertiary/aromatic N) is 2. The first kappa shape index (κ1) is 30.7. The van der Waals surface area contributed by atoms with E-state index in [-0.39, 0.29) is 56.7 Å². The minimum absolute atomic E-state index is 0.0265. The number of likely N-dealkylation sites (tertiary alicyclic amines) is 1. The third-order valence-electron chi connectivity index (χ3n) is 7.72. The summed E-state index contributed by atoms with van der Waals surface area (Å²) in [6.45, 7) is -0.661. The first-order chi connectivity index (χ1) is 19.0. The van der Waals surface area contributed by atoms with Crippen LogP contribution in [0.3, 0.4) is 0 Å². The second-order valence-corrected chi connectivity index (χ2v) is 12.2. The Morgan fingerprint density at radius 3 is 1.90 bits per heavy atom. The molecule has 1 atom stereocenters. The van der Waals surface area contributed by atoms with Crippen molar-refractivity contribution in [2.45, 2.75) is 46.9 Å². The average Bonchev–Trinajstić information content (AvgIpc) is 3.39. The van der Waals surface area contributed by atoms with Crippen LogP contribution in [0.4, 0.5) is 35.1 Å². The number of alkyl halides is 7. The second-order valence-electron chi connectivity index (χ2n) is 9.97. The van der Waals surface area contributed by atoms with E-state index in [0.717, 1.165) is 29.2 Å². The Labute approximate surface area is 229 Å². The Morgan fingerprint density at radius 2 is 1.41 bits per heavy atom. The lowest BCUT2D eigenvalue weighted by atomic mass is 9.80. The van der Waals surface area contributed by atoms with E-state index in [9.17, 15) is 53.6 Å². The van der Waals surface area contributed by atoms with Crippen LogP contribution in [-0.2, 0) is 29.8 Å². The molecule has 2 fully saturated rings. The summed E-state index contributed by atoms with van der Waals surface area (Å²) >= 11 is 0. The predicted octanol–water partition coefficient (Wildman–Crippen LogP) is 5.34. The van der Waals surface area contributed by atoms with E-state index >= 15 is 0 Å². The van der Waals surface area contributed by atoms with Crippen molar-refractivity contribution in [3.05, 3.63) is 65.5 Å². The average molecular weight is 611 g/mol. The van der Waals surface area contributed by atoms with Gasteiger partial charge in [0.1, 0.15) is 16.0 Å². The molecule has 2 aromatic carbocycles. The van der Waals surface area contributed by atoms with Crippen LogP contribution in [0.1, 0.15) is 30.4 Å². The molecule has 4 rings (SSSR count). The van der Waals surface area contributed by atoms with Gasteiger partial charge < -0.3 is 9.64 Å². The lowest BCUT2D eigenvalue weighted by molar-refractivity contribution is -0.348. The number of rotatable bonds is 5. The highest BCUT2D eigenvalue weighted by molar-refractivity contribution is 7.92. The molecule has 1 unspecified atom stereocenters. The molecule has 1 amide bonds. The van der Waals surface area contributed by atoms with Crippen molar-refractivity contribution in [3.8, 4) is 6.07 Å². The first-order valence-electron chi connectivity index (χ1n) is 12.2. The lowest BCUT2D eigenvalue weighted by Gasteiger charge is -2.35. The van der Waals surface area contributed by atoms with Crippen molar-refractivity contribution < 1.29 is 53.1 Å². The number of halogens is 8. The van der Waals surface area contributed by atoms with Gasteiger partial charge in [0.25, 0.3) is 0 Å². The molecule has 0 aliphatic carbocycles. The third-order valence-corrected chi connectivity index (χ3v) is 10.2. The molecule has 15 heteroatoms. The number of sulfone groups is 1. The number of ether oxygens (including phenoxy) is 1. The molecule has 0 saturated carbocycles. The lowest BCUT2D eigenvalue weighted by Crippen LogP contribution is -2.50. The Kier molecular flexibility index (Phi) is 7.66. The molecule has 2 heterocycles. The van der Waals surface area contributed by atoms with Crippen LogP contribution < -0.4 is 0 Å². The van der Waals surface area contributed by atoms with E-state index < -0.39 is 66.7 Å². The summed E-state index contributed by atoms with van der Waals surface area (Å²) in [4.78, 5) is 14.2. The highest BCUT2D eigenvalue weighted by Crippen LogP contribution is 2.54. The summed E-state index contributed by atoms with van der Waals surface area (Å²) < 4.78 is 139. The Hall–Kier alpha value is -3.25. The molecule has 0 N–H and O–H groups in total. The van der Waals surface area contributed by atoms with Gasteiger partial charge in [-0.1, -0.05) is 24.3 Å². The zero-order valence-corrected chi connectivity index (χ0v) is 21.8. The summed E-state index contributed by atoms with van der Waals surface area (Å²) in [5.74, 6) is -1.48. The standard InChI is InChI=1S/C26H22F8N2O4S/c27-19-5-7-20(8-6-19)41(38,39)23(9-12-36(16-23)21(37)22(15-35)10-13-40-14-11-22)17-1-3-18(4-2-17)24(28,25(29,30)31)26(32,33)34/h1-8H,9-14,16H2. The Bertz CT molecular complexity index is 1430. The van der Waals surface area contributed by atoms with Crippen LogP contribution >= 0.6 is 0 Å². The van der Waals surface area contributed by atoms with Gasteiger partial charge in [0.05, 0.1) is 11.0 Å². The van der Waals surface area contributed by atoms with E-state index in [0.29, 0.717) is 12.1 Å². The van der Waals surface area contributed by atoms with Crippen molar-refractivity contribution in [1.29, 1.82) is 5.26 Å². The molecular weight excluding hydrogens is 588 g/mol. The number of nitriles is 1. The minimum atomic E-state index is -6.38. The molecule has 0 aromatic heterocycles. The van der Waals surface area contributed by atoms with Gasteiger partial charge >= 0.3 is 18.0 Å². The second kappa shape index (κ2) is 10.2. The third kappa shape index (κ3) is 4.84. The Balaban J connectivity index is 1.83. The van der Waals surface area contributed by atoms with Gasteiger partial charge in [0.2, 0.25) is 5.91 Å². The van der Waals surface area contributed by atoms with E-state index in [1.165, 1.54) is 0 Å². The summed E-state index contributed by atoms with van der Waals surface area (Å²) in [5.41, 5.74) is -9.38. The number of benzene rings is 2. The Morgan fingerprint density at radius 1 is 0.878 bits per heavy atom. The maximum atomic E-state index is 14.6. The van der Waals surface area contributed by atoms with Crippen molar-refractivity contribution in [1.82, 2.24) is 4.90 Å². The van der Waals surface area contributed by atoms with Gasteiger partial charge in [-0.05, 0) is 49.1 Å². The van der Waals surface area contributed by atoms with Crippen LogP contribution in [0, 0.1) is 22.6 Å². The van der Waals surface area contributed by atoms with Crippen LogP contribution in [0.5, 0.6) is 0 Å². The zero-order valence-electron chi connectivity index (χ0n) is 21.0. The normalized spacial score (nSPS) is 21.9. The van der Waals surface area contributed by atoms with Gasteiger partial charge in [-0.2, -0.15) is 31.6 Å². The van der Waals surface area contributed by atoms with Crippen molar-refractivity contribution in [3.63, 3.8) is 0 Å². The van der Waals surface area contributed by atoms with E-state index in [1.54, 1.807) is 0 Å². The van der Waals surface area contributed by atoms with Crippen LogP contribution in [0.15, 0.2) is 53.4 Å². The SMILES string of the molecule is N#CC1(C(=O)N2CCC(c3ccc(C(F)(C(F)(F)F)C(F)(F)F)cc3)(S(=O)(=O)c3ccc(F)cc3)C2)CCOCC1. The fraction of sp³-hybridized carbons (Fsp3) is 0.462. The summed E-state index contributed by atoms with van der Waals surface area (Å²) in [7, 11) is -4.61. The largest absolute Gasteiger partial charge is 0.435 e. The maximum Gasteiger partial charge on any atom is 0.435 e. The molecule has 2 aliphatic heterocycles. The first-order valence-corrected chi connectivity index (χ1v) is 13.7. The molecule has 41 heavy (non-hydrogen) atoms. The molecule has 6 nitrogen and oxygen atoms in total. The number of hydrogen-bond acceptors (Lipinski definition) is 5. The van der Waals surface area contributed by atoms with Gasteiger partial charge in [0, 0.05) is 31.9 Å². The van der Waals surface area contributed by atoms with E-state index in [4.69, 9.17) is 4.74 Å². The van der Waals surface area contributed by atoms with Crippen molar-refractivity contribution in [2.75, 3.05) is 26.3 Å². The topological polar surface area (TPSA) is 87.5 Å². The molecule has 2 aromatic rings. The smallest absolute Gasteiger partial charge is 0.381 e. The summed E-state index contributed by atoms with van der Waals surface area (Å²) in [5, 5.41) is 9.80. The number of carbonyl (C=O) groups excluding carboxylic acids is 1. The van der Waals surface area contributed by atoms with Gasteiger partial charge in [0.15, 0.2) is 9.84 Å². The fourth-order valence-corrected chi connectivity index (χ4v) is 7.37. The molecule has 222 valence electrons. The molecule has 2 saturated heterocycles. The van der Waals surface area contributed by atoms with Crippen LogP contribution in [-0.4, -0.2) is 57.9 Å². The molecule has 0 radical (unpaired) electrons. The predicted molar refractivity (Wildman–Crippen MR) is 126 cm³/mol. The van der Waals surface area contributed by atoms with Crippen LogP contribution in [0.2, 0.25) is 0 Å². The number of amides is 1. The molecular formula is C26H22F8N2O4S. The van der Waals surface area contributed by atoms with Gasteiger partial charge in [-0.15, -0.1) is 0 Å². The van der Waals surface area contributed by atoms with E-state index in [1.807, 2.05) is 6.07 Å². The number of hydrogen-bond donors (Lipinski definition) is 0. The van der Waals surface area contributed by atoms with E-state index in [2.05, 4.69) is 0 Å². The number of carbonyl (C=O) groups is 1.